The van der Waals surface area contributed by atoms with E-state index in [9.17, 15) is 18.0 Å². The summed E-state index contributed by atoms with van der Waals surface area (Å²) < 4.78 is 42.9. The Morgan fingerprint density at radius 1 is 1.35 bits per heavy atom. The van der Waals surface area contributed by atoms with Crippen LogP contribution in [0.1, 0.15) is 28.5 Å². The van der Waals surface area contributed by atoms with Gasteiger partial charge in [-0.05, 0) is 32.0 Å². The number of nitrogens with zero attached hydrogens (tertiary/aromatic N) is 2. The van der Waals surface area contributed by atoms with Gasteiger partial charge in [-0.3, -0.25) is 0 Å². The molecule has 1 aromatic heterocycles. The molecule has 0 aliphatic carbocycles. The Morgan fingerprint density at radius 3 is 2.70 bits per heavy atom. The SMILES string of the molecule is CCOC(=O)c1cnc(Nc2cccc(C(F)(F)F)c2)nc1C. The van der Waals surface area contributed by atoms with E-state index in [1.54, 1.807) is 13.8 Å². The molecule has 0 amide bonds. The topological polar surface area (TPSA) is 64.1 Å². The van der Waals surface area contributed by atoms with Gasteiger partial charge in [0, 0.05) is 11.9 Å². The van der Waals surface area contributed by atoms with E-state index in [0.717, 1.165) is 12.1 Å². The lowest BCUT2D eigenvalue weighted by Crippen LogP contribution is -2.10. The Morgan fingerprint density at radius 2 is 2.09 bits per heavy atom. The highest BCUT2D eigenvalue weighted by atomic mass is 19.4. The second-order valence-corrected chi connectivity index (χ2v) is 4.62. The Balaban J connectivity index is 2.21. The molecule has 0 unspecified atom stereocenters. The van der Waals surface area contributed by atoms with Gasteiger partial charge in [0.25, 0.3) is 0 Å². The maximum Gasteiger partial charge on any atom is 0.416 e. The minimum Gasteiger partial charge on any atom is -0.462 e. The summed E-state index contributed by atoms with van der Waals surface area (Å²) in [5.41, 5.74) is -0.000145. The Bertz CT molecular complexity index is 717. The Kier molecular flexibility index (Phi) is 4.83. The van der Waals surface area contributed by atoms with Gasteiger partial charge in [-0.15, -0.1) is 0 Å². The van der Waals surface area contributed by atoms with E-state index in [4.69, 9.17) is 4.74 Å². The number of ether oxygens (including phenoxy) is 1. The molecule has 122 valence electrons. The van der Waals surface area contributed by atoms with Gasteiger partial charge in [0.15, 0.2) is 0 Å². The maximum atomic E-state index is 12.7. The van der Waals surface area contributed by atoms with Crippen LogP contribution in [0.25, 0.3) is 0 Å². The van der Waals surface area contributed by atoms with Gasteiger partial charge in [0.2, 0.25) is 5.95 Å². The Hall–Kier alpha value is -2.64. The third-order valence-corrected chi connectivity index (χ3v) is 2.92. The van der Waals surface area contributed by atoms with E-state index in [1.807, 2.05) is 0 Å². The predicted octanol–water partition coefficient (Wildman–Crippen LogP) is 3.72. The van der Waals surface area contributed by atoms with E-state index in [1.165, 1.54) is 18.3 Å². The number of anilines is 2. The average molecular weight is 325 g/mol. The smallest absolute Gasteiger partial charge is 0.416 e. The zero-order chi connectivity index (χ0) is 17.0. The summed E-state index contributed by atoms with van der Waals surface area (Å²) in [5, 5.41) is 2.68. The van der Waals surface area contributed by atoms with Crippen LogP contribution in [0.3, 0.4) is 0 Å². The van der Waals surface area contributed by atoms with Crippen molar-refractivity contribution >= 4 is 17.6 Å². The molecule has 2 rings (SSSR count). The first kappa shape index (κ1) is 16.7. The largest absolute Gasteiger partial charge is 0.462 e. The van der Waals surface area contributed by atoms with Gasteiger partial charge in [0.05, 0.1) is 23.4 Å². The number of aromatic nitrogens is 2. The molecule has 1 N–H and O–H groups in total. The summed E-state index contributed by atoms with van der Waals surface area (Å²) in [6.45, 7) is 3.49. The standard InChI is InChI=1S/C15H14F3N3O2/c1-3-23-13(22)12-8-19-14(20-9(12)2)21-11-6-4-5-10(7-11)15(16,17)18/h4-8H,3H2,1-2H3,(H,19,20,21). The zero-order valence-electron chi connectivity index (χ0n) is 12.4. The van der Waals surface area contributed by atoms with Crippen LogP contribution in [-0.4, -0.2) is 22.5 Å². The number of esters is 1. The lowest BCUT2D eigenvalue weighted by atomic mass is 10.2. The minimum absolute atomic E-state index is 0.0925. The number of benzene rings is 1. The van der Waals surface area contributed by atoms with Gasteiger partial charge in [-0.1, -0.05) is 6.07 Å². The lowest BCUT2D eigenvalue weighted by molar-refractivity contribution is -0.137. The first-order valence-corrected chi connectivity index (χ1v) is 6.76. The number of alkyl halides is 3. The minimum atomic E-state index is -4.43. The van der Waals surface area contributed by atoms with Gasteiger partial charge in [-0.25, -0.2) is 14.8 Å². The molecule has 1 aromatic carbocycles. The quantitative estimate of drug-likeness (QED) is 0.868. The Labute approximate surface area is 130 Å². The van der Waals surface area contributed by atoms with E-state index in [-0.39, 0.29) is 23.8 Å². The fourth-order valence-electron chi connectivity index (χ4n) is 1.84. The first-order valence-electron chi connectivity index (χ1n) is 6.76. The number of carbonyl (C=O) groups is 1. The van der Waals surface area contributed by atoms with Crippen molar-refractivity contribution < 1.29 is 22.7 Å². The van der Waals surface area contributed by atoms with Crippen molar-refractivity contribution in [3.63, 3.8) is 0 Å². The molecule has 0 fully saturated rings. The normalized spacial score (nSPS) is 11.2. The molecule has 0 aliphatic heterocycles. The molecule has 0 bridgehead atoms. The highest BCUT2D eigenvalue weighted by molar-refractivity contribution is 5.90. The van der Waals surface area contributed by atoms with E-state index in [2.05, 4.69) is 15.3 Å². The van der Waals surface area contributed by atoms with Crippen molar-refractivity contribution in [3.8, 4) is 0 Å². The summed E-state index contributed by atoms with van der Waals surface area (Å²) in [6, 6.07) is 4.68. The summed E-state index contributed by atoms with van der Waals surface area (Å²) in [6.07, 6.45) is -3.15. The van der Waals surface area contributed by atoms with Crippen LogP contribution in [0.15, 0.2) is 30.5 Å². The molecule has 5 nitrogen and oxygen atoms in total. The number of rotatable bonds is 4. The van der Waals surface area contributed by atoms with Crippen molar-refractivity contribution in [2.75, 3.05) is 11.9 Å². The van der Waals surface area contributed by atoms with Crippen LogP contribution in [0, 0.1) is 6.92 Å². The second kappa shape index (κ2) is 6.64. The number of carbonyl (C=O) groups excluding carboxylic acids is 1. The molecule has 0 atom stereocenters. The van der Waals surface area contributed by atoms with Crippen molar-refractivity contribution in [2.24, 2.45) is 0 Å². The molecule has 0 saturated carbocycles. The molecule has 0 spiro atoms. The van der Waals surface area contributed by atoms with Gasteiger partial charge < -0.3 is 10.1 Å². The molecule has 2 aromatic rings. The van der Waals surface area contributed by atoms with Crippen molar-refractivity contribution in [2.45, 2.75) is 20.0 Å². The number of halogens is 3. The van der Waals surface area contributed by atoms with Crippen molar-refractivity contribution in [1.82, 2.24) is 9.97 Å². The highest BCUT2D eigenvalue weighted by Crippen LogP contribution is 2.31. The number of hydrogen-bond donors (Lipinski definition) is 1. The van der Waals surface area contributed by atoms with Gasteiger partial charge >= 0.3 is 12.1 Å². The molecular formula is C15H14F3N3O2. The van der Waals surface area contributed by atoms with E-state index in [0.29, 0.717) is 5.69 Å². The molecule has 8 heteroatoms. The second-order valence-electron chi connectivity index (χ2n) is 4.62. The van der Waals surface area contributed by atoms with Crippen LogP contribution < -0.4 is 5.32 Å². The summed E-state index contributed by atoms with van der Waals surface area (Å²) in [4.78, 5) is 19.6. The van der Waals surface area contributed by atoms with Crippen LogP contribution in [0.5, 0.6) is 0 Å². The number of aryl methyl sites for hydroxylation is 1. The monoisotopic (exact) mass is 325 g/mol. The zero-order valence-corrected chi connectivity index (χ0v) is 12.4. The molecule has 0 radical (unpaired) electrons. The van der Waals surface area contributed by atoms with Crippen LogP contribution in [0.2, 0.25) is 0 Å². The van der Waals surface area contributed by atoms with Gasteiger partial charge in [0.1, 0.15) is 0 Å². The molecule has 23 heavy (non-hydrogen) atoms. The maximum absolute atomic E-state index is 12.7. The average Bonchev–Trinajstić information content (AvgIpc) is 2.47. The fraction of sp³-hybridized carbons (Fsp3) is 0.267. The number of hydrogen-bond acceptors (Lipinski definition) is 5. The molecule has 0 aliphatic rings. The van der Waals surface area contributed by atoms with Crippen LogP contribution >= 0.6 is 0 Å². The molecular weight excluding hydrogens is 311 g/mol. The van der Waals surface area contributed by atoms with E-state index < -0.39 is 17.7 Å². The first-order chi connectivity index (χ1) is 10.8. The van der Waals surface area contributed by atoms with Crippen molar-refractivity contribution in [3.05, 3.63) is 47.3 Å². The number of nitrogens with one attached hydrogen (secondary N) is 1. The predicted molar refractivity (Wildman–Crippen MR) is 77.5 cm³/mol. The third kappa shape index (κ3) is 4.18. The van der Waals surface area contributed by atoms with E-state index >= 15 is 0 Å². The molecule has 0 saturated heterocycles. The summed E-state index contributed by atoms with van der Waals surface area (Å²) >= 11 is 0. The fourth-order valence-corrected chi connectivity index (χ4v) is 1.84. The summed E-state index contributed by atoms with van der Waals surface area (Å²) in [7, 11) is 0. The van der Waals surface area contributed by atoms with Crippen LogP contribution in [-0.2, 0) is 10.9 Å². The van der Waals surface area contributed by atoms with Gasteiger partial charge in [-0.2, -0.15) is 13.2 Å². The van der Waals surface area contributed by atoms with Crippen molar-refractivity contribution in [1.29, 1.82) is 0 Å². The third-order valence-electron chi connectivity index (χ3n) is 2.92. The summed E-state index contributed by atoms with van der Waals surface area (Å²) in [5.74, 6) is -0.453. The molecule has 1 heterocycles. The lowest BCUT2D eigenvalue weighted by Gasteiger charge is -2.11. The van der Waals surface area contributed by atoms with Crippen LogP contribution in [0.4, 0.5) is 24.8 Å². The highest BCUT2D eigenvalue weighted by Gasteiger charge is 2.30.